The fourth-order valence-corrected chi connectivity index (χ4v) is 17.8. The van der Waals surface area contributed by atoms with Crippen LogP contribution in [-0.2, 0) is 51.9 Å². The van der Waals surface area contributed by atoms with Gasteiger partial charge in [0.05, 0.1) is 28.9 Å². The van der Waals surface area contributed by atoms with Gasteiger partial charge in [0, 0.05) is 238 Å². The number of hydrogen-bond donors (Lipinski definition) is 0. The molecular formula is C108H117N13O. The first-order chi connectivity index (χ1) is 59.6. The average Bonchev–Trinajstić information content (AvgIpc) is 1.66. The predicted octanol–water partition coefficient (Wildman–Crippen LogP) is 18.7. The van der Waals surface area contributed by atoms with Gasteiger partial charge in [-0.1, -0.05) is 193 Å². The summed E-state index contributed by atoms with van der Waals surface area (Å²) in [7, 11) is 8.81. The second kappa shape index (κ2) is 38.9. The van der Waals surface area contributed by atoms with Crippen molar-refractivity contribution in [1.29, 1.82) is 0 Å². The molecule has 9 heterocycles. The third-order valence-corrected chi connectivity index (χ3v) is 25.4. The molecule has 7 aromatic carbocycles. The van der Waals surface area contributed by atoms with E-state index in [1.807, 2.05) is 37.2 Å². The van der Waals surface area contributed by atoms with E-state index in [-0.39, 0.29) is 6.10 Å². The zero-order chi connectivity index (χ0) is 83.4. The Morgan fingerprint density at radius 3 is 0.852 bits per heavy atom. The number of rotatable bonds is 18. The highest BCUT2D eigenvalue weighted by molar-refractivity contribution is 5.89. The topological polar surface area (TPSA) is 99.6 Å². The van der Waals surface area contributed by atoms with E-state index < -0.39 is 0 Å². The van der Waals surface area contributed by atoms with Crippen LogP contribution in [0, 0.1) is 13.8 Å². The van der Waals surface area contributed by atoms with E-state index in [9.17, 15) is 0 Å². The third kappa shape index (κ3) is 20.7. The number of nitrogens with zero attached hydrogens (tertiary/aromatic N) is 13. The molecule has 122 heavy (non-hydrogen) atoms. The number of piperazine rings is 4. The van der Waals surface area contributed by atoms with Crippen LogP contribution in [0.4, 0.5) is 0 Å². The molecule has 5 aromatic heterocycles. The molecule has 4 saturated heterocycles. The van der Waals surface area contributed by atoms with Crippen molar-refractivity contribution in [1.82, 2.24) is 64.1 Å². The molecule has 4 aliphatic carbocycles. The van der Waals surface area contributed by atoms with Gasteiger partial charge in [0.25, 0.3) is 0 Å². The van der Waals surface area contributed by atoms with Gasteiger partial charge in [-0.2, -0.15) is 0 Å². The van der Waals surface area contributed by atoms with E-state index in [1.54, 1.807) is 0 Å². The van der Waals surface area contributed by atoms with E-state index in [2.05, 4.69) is 331 Å². The fourth-order valence-electron chi connectivity index (χ4n) is 17.8. The van der Waals surface area contributed by atoms with E-state index in [0.717, 1.165) is 174 Å². The molecule has 12 aromatic rings. The molecule has 14 heteroatoms. The summed E-state index contributed by atoms with van der Waals surface area (Å²) >= 11 is 0. The molecule has 4 fully saturated rings. The normalized spacial score (nSPS) is 17.0. The van der Waals surface area contributed by atoms with Crippen molar-refractivity contribution < 1.29 is 4.74 Å². The maximum Gasteiger partial charge on any atom is 0.119 e. The van der Waals surface area contributed by atoms with Gasteiger partial charge in [-0.3, -0.25) is 44.5 Å². The first kappa shape index (κ1) is 83.0. The monoisotopic (exact) mass is 1610 g/mol. The maximum absolute atomic E-state index is 5.80. The molecule has 0 bridgehead atoms. The zero-order valence-electron chi connectivity index (χ0n) is 72.7. The largest absolute Gasteiger partial charge is 0.491 e. The maximum atomic E-state index is 5.80. The summed E-state index contributed by atoms with van der Waals surface area (Å²) in [6, 6.07) is 75.5. The molecule has 0 unspecified atom stereocenters. The lowest BCUT2D eigenvalue weighted by Crippen LogP contribution is -2.43. The van der Waals surface area contributed by atoms with Crippen LogP contribution in [0.2, 0.25) is 0 Å². The fraction of sp³-hybridized carbons (Fsp3) is 0.306. The van der Waals surface area contributed by atoms with Crippen LogP contribution >= 0.6 is 0 Å². The Bertz CT molecular complexity index is 5690. The Labute approximate surface area is 724 Å². The lowest BCUT2D eigenvalue weighted by atomic mass is 9.96. The summed E-state index contributed by atoms with van der Waals surface area (Å²) in [5.74, 6) is 0.913. The second-order valence-electron chi connectivity index (χ2n) is 34.9. The van der Waals surface area contributed by atoms with E-state index in [0.29, 0.717) is 0 Å². The van der Waals surface area contributed by atoms with E-state index in [4.69, 9.17) is 24.7 Å². The van der Waals surface area contributed by atoms with Crippen LogP contribution in [0.1, 0.15) is 115 Å². The highest BCUT2D eigenvalue weighted by Gasteiger charge is 2.26. The number of aryl methyl sites for hydroxylation is 2. The van der Waals surface area contributed by atoms with Gasteiger partial charge in [-0.25, -0.2) is 0 Å². The van der Waals surface area contributed by atoms with Gasteiger partial charge < -0.3 is 24.3 Å². The molecule has 14 nitrogen and oxygen atoms in total. The second-order valence-corrected chi connectivity index (χ2v) is 34.9. The minimum Gasteiger partial charge on any atom is -0.491 e. The van der Waals surface area contributed by atoms with Gasteiger partial charge in [-0.15, -0.1) is 0 Å². The molecule has 0 amide bonds. The van der Waals surface area contributed by atoms with Crippen molar-refractivity contribution in [2.75, 3.05) is 133 Å². The van der Waals surface area contributed by atoms with Gasteiger partial charge >= 0.3 is 0 Å². The van der Waals surface area contributed by atoms with E-state index >= 15 is 0 Å². The molecule has 8 aliphatic rings. The number of ether oxygens (including phenoxy) is 1. The number of likely N-dealkylation sites (N-methyl/N-ethyl adjacent to an activating group) is 4. The molecule has 0 atom stereocenters. The summed E-state index contributed by atoms with van der Waals surface area (Å²) in [5, 5.41) is 0. The van der Waals surface area contributed by atoms with Crippen LogP contribution in [-0.4, -0.2) is 203 Å². The van der Waals surface area contributed by atoms with Gasteiger partial charge in [-0.05, 0) is 193 Å². The molecular weight excluding hydrogens is 1500 g/mol. The summed E-state index contributed by atoms with van der Waals surface area (Å²) in [4.78, 5) is 43.1. The van der Waals surface area contributed by atoms with Crippen molar-refractivity contribution in [3.63, 3.8) is 0 Å². The zero-order valence-corrected chi connectivity index (χ0v) is 72.7. The SMILES string of the molecule is CC(C)Oc1ccc(C2=CCc3ncc(-c4ccc(CN5CCN(C)CC5)cc4)cc32)cc1.CN1CCN(Cc2ccc(-c3cnc4c(c3)C(c3ccncc3)=CC4)cc2)CC1.Cc1ccc(C2=CCc3ncc(-c4ccc(CN5CCN(C)CC5)cc4)cc32)cc1.Cc1cccc(C2=CCc3ncc(-c4ccc(CN5CCN(C)CC5)cc4)cc32)c1. The minimum atomic E-state index is 0.182. The first-order valence-corrected chi connectivity index (χ1v) is 44.2. The number of allylic oxidation sites excluding steroid dienone is 4. The van der Waals surface area contributed by atoms with Crippen LogP contribution in [0.3, 0.4) is 0 Å². The molecule has 620 valence electrons. The van der Waals surface area contributed by atoms with Crippen LogP contribution < -0.4 is 4.74 Å². The van der Waals surface area contributed by atoms with Crippen molar-refractivity contribution in [3.05, 3.63) is 368 Å². The van der Waals surface area contributed by atoms with Crippen LogP contribution in [0.25, 0.3) is 66.8 Å². The average molecular weight is 1610 g/mol. The van der Waals surface area contributed by atoms with Crippen LogP contribution in [0.5, 0.6) is 5.75 Å². The van der Waals surface area contributed by atoms with Gasteiger partial charge in [0.2, 0.25) is 0 Å². The molecule has 0 spiro atoms. The molecule has 0 saturated carbocycles. The Morgan fingerprint density at radius 1 is 0.279 bits per heavy atom. The van der Waals surface area contributed by atoms with Crippen molar-refractivity contribution in [2.45, 2.75) is 85.7 Å². The lowest BCUT2D eigenvalue weighted by molar-refractivity contribution is 0.148. The molecule has 4 aliphatic heterocycles. The first-order valence-electron chi connectivity index (χ1n) is 44.2. The van der Waals surface area contributed by atoms with Crippen molar-refractivity contribution in [3.8, 4) is 50.3 Å². The van der Waals surface area contributed by atoms with Crippen molar-refractivity contribution >= 4 is 22.3 Å². The highest BCUT2D eigenvalue weighted by atomic mass is 16.5. The summed E-state index contributed by atoms with van der Waals surface area (Å²) in [6.07, 6.45) is 24.8. The van der Waals surface area contributed by atoms with E-state index in [1.165, 1.54) is 156 Å². The lowest BCUT2D eigenvalue weighted by Gasteiger charge is -2.32. The highest BCUT2D eigenvalue weighted by Crippen LogP contribution is 2.40. The number of benzene rings is 7. The molecule has 0 N–H and O–H groups in total. The summed E-state index contributed by atoms with van der Waals surface area (Å²) in [5.41, 5.74) is 37.6. The Kier molecular flexibility index (Phi) is 26.4. The quantitative estimate of drug-likeness (QED) is 0.0815. The predicted molar refractivity (Wildman–Crippen MR) is 502 cm³/mol. The number of fused-ring (bicyclic) bond motifs is 4. The number of aromatic nitrogens is 5. The van der Waals surface area contributed by atoms with Gasteiger partial charge in [0.15, 0.2) is 0 Å². The minimum absolute atomic E-state index is 0.182. The number of pyridine rings is 5. The Morgan fingerprint density at radius 2 is 0.557 bits per heavy atom. The number of hydrogen-bond acceptors (Lipinski definition) is 14. The molecule has 0 radical (unpaired) electrons. The third-order valence-electron chi connectivity index (χ3n) is 25.4. The Hall–Kier alpha value is -11.3. The van der Waals surface area contributed by atoms with Crippen molar-refractivity contribution in [2.24, 2.45) is 0 Å². The van der Waals surface area contributed by atoms with Crippen LogP contribution in [0.15, 0.2) is 268 Å². The summed E-state index contributed by atoms with van der Waals surface area (Å²) in [6.45, 7) is 31.0. The summed E-state index contributed by atoms with van der Waals surface area (Å²) < 4.78 is 5.80. The van der Waals surface area contributed by atoms with Gasteiger partial charge in [0.1, 0.15) is 5.75 Å². The molecule has 20 rings (SSSR count). The smallest absolute Gasteiger partial charge is 0.119 e. The Balaban J connectivity index is 0.000000116. The standard InChI is InChI=1S/C29H33N3O.2C27H29N3.C25H26N4/c1-21(2)33-26-10-8-24(9-11-26)27-12-13-29-28(27)18-25(19-30-29)23-6-4-22(5-7-23)20-32-16-14-31(3)15-17-32;1-20-3-7-23(8-4-20)25-11-12-27-26(25)17-24(18-28-27)22-9-5-21(6-10-22)19-30-15-13-29(2)14-16-30;1-20-4-3-5-23(16-20)25-10-11-27-26(25)17-24(18-28-27)22-8-6-21(7-9-22)19-30-14-12-29(2)13-15-30;1-28-12-14-29(15-13-28)18-19-2-4-20(5-3-19)22-16-24-23(6-7-25(24)27-17-22)21-8-10-26-11-9-21/h4-12,18-19,21H,13-17,20H2,1-3H3;3-11,17-18H,12-16,19H2,1-2H3;3-10,16-18H,11-15,19H2,1-2H3;2-6,8-11,16-17H,7,12-15,18H2,1H3.